The van der Waals surface area contributed by atoms with Crippen LogP contribution in [0, 0.1) is 11.8 Å². The van der Waals surface area contributed by atoms with Crippen molar-refractivity contribution in [2.24, 2.45) is 11.8 Å². The van der Waals surface area contributed by atoms with Crippen molar-refractivity contribution < 1.29 is 29.0 Å². The molecule has 1 aromatic rings. The molecule has 0 saturated carbocycles. The molecule has 6 atom stereocenters. The second-order valence-electron chi connectivity index (χ2n) is 12.2. The van der Waals surface area contributed by atoms with E-state index in [0.717, 1.165) is 30.7 Å². The van der Waals surface area contributed by atoms with Crippen LogP contribution in [-0.2, 0) is 19.1 Å². The Bertz CT molecular complexity index is 1250. The van der Waals surface area contributed by atoms with Gasteiger partial charge in [0.05, 0.1) is 24.0 Å². The lowest BCUT2D eigenvalue weighted by molar-refractivity contribution is -0.153. The van der Waals surface area contributed by atoms with Crippen molar-refractivity contribution >= 4 is 23.4 Å². The summed E-state index contributed by atoms with van der Waals surface area (Å²) in [5.41, 5.74) is -1.55. The van der Waals surface area contributed by atoms with Crippen LogP contribution in [0.4, 0.5) is 5.69 Å². The molecule has 2 unspecified atom stereocenters. The molecule has 2 fully saturated rings. The number of rotatable bonds is 12. The highest BCUT2D eigenvalue weighted by Crippen LogP contribution is 2.58. The number of ether oxygens (including phenoxy) is 2. The van der Waals surface area contributed by atoms with E-state index in [1.165, 1.54) is 0 Å². The number of amides is 3. The van der Waals surface area contributed by atoms with Gasteiger partial charge in [0, 0.05) is 38.0 Å². The Hall–Kier alpha value is -3.17. The van der Waals surface area contributed by atoms with Gasteiger partial charge in [-0.15, -0.1) is 0 Å². The predicted octanol–water partition coefficient (Wildman–Crippen LogP) is 4.10. The molecule has 234 valence electrons. The van der Waals surface area contributed by atoms with Crippen LogP contribution in [0.1, 0.15) is 66.2 Å². The van der Waals surface area contributed by atoms with E-state index in [2.05, 4.69) is 13.8 Å². The summed E-state index contributed by atoms with van der Waals surface area (Å²) in [5.74, 6) is -1.40. The molecule has 0 aromatic heterocycles. The fourth-order valence-corrected chi connectivity index (χ4v) is 7.68. The fourth-order valence-electron chi connectivity index (χ4n) is 7.68. The molecule has 4 aliphatic rings. The normalized spacial score (nSPS) is 30.7. The molecule has 5 rings (SSSR count). The first kappa shape index (κ1) is 31.3. The molecule has 3 amide bonds. The van der Waals surface area contributed by atoms with Gasteiger partial charge in [-0.2, -0.15) is 0 Å². The first-order chi connectivity index (χ1) is 20.8. The number of hydrogen-bond donors (Lipinski definition) is 1. The summed E-state index contributed by atoms with van der Waals surface area (Å²) >= 11 is 0. The number of carbonyl (C=O) groups is 3. The number of benzene rings is 1. The van der Waals surface area contributed by atoms with Crippen molar-refractivity contribution in [3.8, 4) is 5.75 Å². The predicted molar refractivity (Wildman–Crippen MR) is 165 cm³/mol. The Kier molecular flexibility index (Phi) is 9.32. The monoisotopic (exact) mass is 593 g/mol. The number of nitrogens with zero attached hydrogens (tertiary/aromatic N) is 3. The number of carbonyl (C=O) groups excluding carboxylic acids is 3. The molecule has 4 aliphatic heterocycles. The lowest BCUT2D eigenvalue weighted by Gasteiger charge is -2.39. The van der Waals surface area contributed by atoms with Crippen molar-refractivity contribution in [2.75, 3.05) is 37.7 Å². The first-order valence-corrected chi connectivity index (χ1v) is 16.1. The Morgan fingerprint density at radius 1 is 0.953 bits per heavy atom. The molecule has 4 heterocycles. The number of fused-ring (bicyclic) bond motifs is 2. The Labute approximate surface area is 255 Å². The average molecular weight is 594 g/mol. The first-order valence-electron chi connectivity index (χ1n) is 16.1. The maximum Gasteiger partial charge on any atom is 0.249 e. The number of aliphatic hydroxyl groups excluding tert-OH is 1. The zero-order valence-corrected chi connectivity index (χ0v) is 26.0. The molecule has 0 radical (unpaired) electrons. The van der Waals surface area contributed by atoms with Gasteiger partial charge < -0.3 is 29.3 Å². The van der Waals surface area contributed by atoms with Gasteiger partial charge in [-0.25, -0.2) is 0 Å². The Morgan fingerprint density at radius 2 is 1.70 bits per heavy atom. The van der Waals surface area contributed by atoms with E-state index >= 15 is 0 Å². The van der Waals surface area contributed by atoms with Crippen molar-refractivity contribution in [2.45, 2.75) is 89.5 Å². The molecular weight excluding hydrogens is 546 g/mol. The highest BCUT2D eigenvalue weighted by Gasteiger charge is 2.75. The number of anilines is 1. The molecular formula is C34H47N3O6. The second kappa shape index (κ2) is 12.8. The molecule has 0 bridgehead atoms. The van der Waals surface area contributed by atoms with Crippen LogP contribution in [0.3, 0.4) is 0 Å². The minimum Gasteiger partial charge on any atom is -0.494 e. The molecule has 9 heteroatoms. The fraction of sp³-hybridized carbons (Fsp3) is 0.618. The van der Waals surface area contributed by atoms with Gasteiger partial charge in [-0.1, -0.05) is 44.6 Å². The molecule has 0 aliphatic carbocycles. The number of aliphatic hydroxyl groups is 1. The second-order valence-corrected chi connectivity index (χ2v) is 12.2. The zero-order chi connectivity index (χ0) is 30.8. The van der Waals surface area contributed by atoms with Crippen LogP contribution < -0.4 is 9.64 Å². The van der Waals surface area contributed by atoms with Crippen molar-refractivity contribution in [1.29, 1.82) is 0 Å². The number of hydrogen-bond acceptors (Lipinski definition) is 6. The van der Waals surface area contributed by atoms with Crippen molar-refractivity contribution in [3.63, 3.8) is 0 Å². The number of unbranched alkanes of at least 4 members (excludes halogenated alkanes) is 2. The van der Waals surface area contributed by atoms with E-state index in [0.29, 0.717) is 45.5 Å². The average Bonchev–Trinajstić information content (AvgIpc) is 3.28. The smallest absolute Gasteiger partial charge is 0.249 e. The Morgan fingerprint density at radius 3 is 2.37 bits per heavy atom. The SMILES string of the molecule is CCCC(C)N1CC=C[C@]23O[C@@]4(CC)C=CCN(c5ccc(OCC)cc5)C(=O)[C@H]4[C@H]2C(=O)N(CCCCCO)C3C1=O. The van der Waals surface area contributed by atoms with Crippen LogP contribution in [-0.4, -0.2) is 88.8 Å². The molecule has 9 nitrogen and oxygen atoms in total. The van der Waals surface area contributed by atoms with Crippen LogP contribution in [0.2, 0.25) is 0 Å². The lowest BCUT2D eigenvalue weighted by atomic mass is 9.73. The van der Waals surface area contributed by atoms with Gasteiger partial charge in [0.25, 0.3) is 0 Å². The van der Waals surface area contributed by atoms with E-state index in [1.54, 1.807) is 9.80 Å². The third-order valence-corrected chi connectivity index (χ3v) is 9.73. The van der Waals surface area contributed by atoms with Gasteiger partial charge in [-0.3, -0.25) is 14.4 Å². The molecule has 1 N–H and O–H groups in total. The van der Waals surface area contributed by atoms with Gasteiger partial charge in [0.1, 0.15) is 17.4 Å². The van der Waals surface area contributed by atoms with Gasteiger partial charge in [-0.05, 0) is 70.2 Å². The summed E-state index contributed by atoms with van der Waals surface area (Å²) in [6.07, 6.45) is 12.1. The van der Waals surface area contributed by atoms with Gasteiger partial charge in [0.2, 0.25) is 17.7 Å². The maximum atomic E-state index is 14.6. The standard InChI is InChI=1S/C34H47N3O6/c1-5-13-24(4)35-21-12-19-34-28(31(40)37(29(34)32(35)41)20-9-8-10-23-38)27-30(39)36(22-11-18-33(27,6-2)43-34)25-14-16-26(17-15-25)42-7-3/h11-12,14-19,24,27-29,38H,5-10,13,20-23H2,1-4H3/t24?,27-,28+,29?,33+,34+/m1/s1. The highest BCUT2D eigenvalue weighted by molar-refractivity contribution is 6.04. The van der Waals surface area contributed by atoms with Crippen LogP contribution in [0.15, 0.2) is 48.6 Å². The zero-order valence-electron chi connectivity index (χ0n) is 26.0. The summed E-state index contributed by atoms with van der Waals surface area (Å²) in [6, 6.07) is 6.60. The van der Waals surface area contributed by atoms with E-state index < -0.39 is 29.1 Å². The quantitative estimate of drug-likeness (QED) is 0.290. The topological polar surface area (TPSA) is 99.6 Å². The summed E-state index contributed by atoms with van der Waals surface area (Å²) < 4.78 is 12.7. The van der Waals surface area contributed by atoms with Crippen LogP contribution in [0.5, 0.6) is 5.75 Å². The van der Waals surface area contributed by atoms with Crippen LogP contribution >= 0.6 is 0 Å². The largest absolute Gasteiger partial charge is 0.494 e. The maximum absolute atomic E-state index is 14.6. The summed E-state index contributed by atoms with van der Waals surface area (Å²) in [7, 11) is 0. The van der Waals surface area contributed by atoms with Gasteiger partial charge >= 0.3 is 0 Å². The minimum atomic E-state index is -1.26. The summed E-state index contributed by atoms with van der Waals surface area (Å²) in [5, 5.41) is 9.33. The summed E-state index contributed by atoms with van der Waals surface area (Å²) in [4.78, 5) is 49.0. The highest BCUT2D eigenvalue weighted by atomic mass is 16.5. The van der Waals surface area contributed by atoms with Crippen molar-refractivity contribution in [3.05, 3.63) is 48.6 Å². The third-order valence-electron chi connectivity index (χ3n) is 9.73. The van der Waals surface area contributed by atoms with E-state index in [9.17, 15) is 19.5 Å². The summed E-state index contributed by atoms with van der Waals surface area (Å²) in [6.45, 7) is 9.87. The van der Waals surface area contributed by atoms with Gasteiger partial charge in [0.15, 0.2) is 0 Å². The Balaban J connectivity index is 1.58. The lowest BCUT2D eigenvalue weighted by Crippen LogP contribution is -2.57. The van der Waals surface area contributed by atoms with E-state index in [-0.39, 0.29) is 30.4 Å². The minimum absolute atomic E-state index is 0.00591. The van der Waals surface area contributed by atoms with E-state index in [1.807, 2.05) is 67.3 Å². The van der Waals surface area contributed by atoms with Crippen molar-refractivity contribution in [1.82, 2.24) is 9.80 Å². The van der Waals surface area contributed by atoms with E-state index in [4.69, 9.17) is 9.47 Å². The molecule has 43 heavy (non-hydrogen) atoms. The third kappa shape index (κ3) is 5.29. The molecule has 2 saturated heterocycles. The molecule has 1 spiro atoms. The number of likely N-dealkylation sites (tertiary alicyclic amines) is 1. The molecule has 1 aromatic carbocycles. The van der Waals surface area contributed by atoms with Crippen LogP contribution in [0.25, 0.3) is 0 Å².